The van der Waals surface area contributed by atoms with E-state index in [2.05, 4.69) is 0 Å². The lowest BCUT2D eigenvalue weighted by molar-refractivity contribution is 0.480. The Labute approximate surface area is 81.8 Å². The quantitative estimate of drug-likeness (QED) is 0.675. The normalized spacial score (nSPS) is 10.8. The predicted molar refractivity (Wildman–Crippen MR) is 55.0 cm³/mol. The third kappa shape index (κ3) is 1.23. The van der Waals surface area contributed by atoms with Crippen LogP contribution in [0.2, 0.25) is 0 Å². The standard InChI is InChI=1S/C12H11FO/c1-7-5-9-10(13)4-3-8(2)12(9)11(14)6-7/h3-6,14H,1-2H3. The zero-order valence-corrected chi connectivity index (χ0v) is 8.13. The van der Waals surface area contributed by atoms with Gasteiger partial charge in [0.15, 0.2) is 0 Å². The summed E-state index contributed by atoms with van der Waals surface area (Å²) in [4.78, 5) is 0. The van der Waals surface area contributed by atoms with Crippen LogP contribution < -0.4 is 0 Å². The number of hydrogen-bond acceptors (Lipinski definition) is 1. The van der Waals surface area contributed by atoms with E-state index < -0.39 is 0 Å². The molecule has 0 saturated heterocycles. The van der Waals surface area contributed by atoms with Crippen LogP contribution in [0, 0.1) is 19.7 Å². The average molecular weight is 190 g/mol. The monoisotopic (exact) mass is 190 g/mol. The molecule has 2 rings (SSSR count). The number of fused-ring (bicyclic) bond motifs is 1. The maximum Gasteiger partial charge on any atom is 0.131 e. The Morgan fingerprint density at radius 1 is 1.14 bits per heavy atom. The van der Waals surface area contributed by atoms with Gasteiger partial charge in [0.25, 0.3) is 0 Å². The van der Waals surface area contributed by atoms with E-state index in [4.69, 9.17) is 0 Å². The Balaban J connectivity index is 3.00. The summed E-state index contributed by atoms with van der Waals surface area (Å²) in [5, 5.41) is 10.8. The molecule has 0 aromatic heterocycles. The number of aromatic hydroxyl groups is 1. The van der Waals surface area contributed by atoms with E-state index in [0.717, 1.165) is 11.1 Å². The van der Waals surface area contributed by atoms with Crippen LogP contribution in [-0.4, -0.2) is 5.11 Å². The molecular formula is C12H11FO. The van der Waals surface area contributed by atoms with Crippen molar-refractivity contribution < 1.29 is 9.50 Å². The van der Waals surface area contributed by atoms with Gasteiger partial charge in [-0.25, -0.2) is 4.39 Å². The smallest absolute Gasteiger partial charge is 0.131 e. The van der Waals surface area contributed by atoms with Gasteiger partial charge in [0.2, 0.25) is 0 Å². The highest BCUT2D eigenvalue weighted by Crippen LogP contribution is 2.30. The summed E-state index contributed by atoms with van der Waals surface area (Å²) in [5.74, 6) is -0.137. The second-order valence-electron chi connectivity index (χ2n) is 3.57. The lowest BCUT2D eigenvalue weighted by Gasteiger charge is -2.06. The van der Waals surface area contributed by atoms with Crippen LogP contribution in [0.15, 0.2) is 24.3 Å². The van der Waals surface area contributed by atoms with Crippen LogP contribution in [0.25, 0.3) is 10.8 Å². The molecule has 0 unspecified atom stereocenters. The fourth-order valence-electron chi connectivity index (χ4n) is 1.74. The average Bonchev–Trinajstić information content (AvgIpc) is 2.10. The minimum Gasteiger partial charge on any atom is -0.507 e. The number of benzene rings is 2. The van der Waals surface area contributed by atoms with Crippen LogP contribution in [0.3, 0.4) is 0 Å². The van der Waals surface area contributed by atoms with Gasteiger partial charge in [-0.1, -0.05) is 6.07 Å². The van der Waals surface area contributed by atoms with Crippen LogP contribution in [0.4, 0.5) is 4.39 Å². The maximum absolute atomic E-state index is 13.4. The molecule has 1 nitrogen and oxygen atoms in total. The first-order chi connectivity index (χ1) is 6.59. The third-order valence-electron chi connectivity index (χ3n) is 2.39. The molecule has 0 aliphatic heterocycles. The van der Waals surface area contributed by atoms with E-state index in [1.54, 1.807) is 18.2 Å². The molecule has 0 heterocycles. The summed E-state index contributed by atoms with van der Waals surface area (Å²) >= 11 is 0. The second-order valence-corrected chi connectivity index (χ2v) is 3.57. The van der Waals surface area contributed by atoms with Gasteiger partial charge in [-0.15, -0.1) is 0 Å². The first-order valence-electron chi connectivity index (χ1n) is 4.48. The lowest BCUT2D eigenvalue weighted by atomic mass is 10.0. The Bertz CT molecular complexity index is 503. The van der Waals surface area contributed by atoms with Gasteiger partial charge in [0, 0.05) is 10.8 Å². The Morgan fingerprint density at radius 3 is 2.57 bits per heavy atom. The molecule has 1 N–H and O–H groups in total. The topological polar surface area (TPSA) is 20.2 Å². The number of halogens is 1. The van der Waals surface area contributed by atoms with Crippen LogP contribution in [0.1, 0.15) is 11.1 Å². The summed E-state index contributed by atoms with van der Waals surface area (Å²) in [6.45, 7) is 3.69. The van der Waals surface area contributed by atoms with Gasteiger partial charge >= 0.3 is 0 Å². The van der Waals surface area contributed by atoms with Gasteiger partial charge in [-0.05, 0) is 43.2 Å². The van der Waals surface area contributed by atoms with E-state index in [1.807, 2.05) is 13.8 Å². The fraction of sp³-hybridized carbons (Fsp3) is 0.167. The lowest BCUT2D eigenvalue weighted by Crippen LogP contribution is -1.85. The minimum absolute atomic E-state index is 0.150. The van der Waals surface area contributed by atoms with Crippen molar-refractivity contribution in [2.75, 3.05) is 0 Å². The molecule has 2 aromatic rings. The maximum atomic E-state index is 13.4. The molecule has 0 aliphatic rings. The predicted octanol–water partition coefficient (Wildman–Crippen LogP) is 3.30. The molecule has 0 fully saturated rings. The van der Waals surface area contributed by atoms with Crippen molar-refractivity contribution in [1.29, 1.82) is 0 Å². The molecule has 0 amide bonds. The van der Waals surface area contributed by atoms with Gasteiger partial charge in [0.05, 0.1) is 0 Å². The van der Waals surface area contributed by atoms with Crippen molar-refractivity contribution >= 4 is 10.8 Å². The van der Waals surface area contributed by atoms with E-state index in [1.165, 1.54) is 6.07 Å². The molecule has 0 bridgehead atoms. The zero-order valence-electron chi connectivity index (χ0n) is 8.13. The molecular weight excluding hydrogens is 179 g/mol. The van der Waals surface area contributed by atoms with Crippen molar-refractivity contribution in [1.82, 2.24) is 0 Å². The van der Waals surface area contributed by atoms with E-state index in [0.29, 0.717) is 10.8 Å². The van der Waals surface area contributed by atoms with Gasteiger partial charge in [0.1, 0.15) is 11.6 Å². The van der Waals surface area contributed by atoms with Gasteiger partial charge in [-0.2, -0.15) is 0 Å². The minimum atomic E-state index is -0.287. The molecule has 2 heteroatoms. The summed E-state index contributed by atoms with van der Waals surface area (Å²) in [6, 6.07) is 6.50. The number of phenolic OH excluding ortho intramolecular Hbond substituents is 1. The number of aryl methyl sites for hydroxylation is 2. The summed E-state index contributed by atoms with van der Waals surface area (Å²) in [7, 11) is 0. The highest BCUT2D eigenvalue weighted by Gasteiger charge is 2.07. The Hall–Kier alpha value is -1.57. The Morgan fingerprint density at radius 2 is 1.86 bits per heavy atom. The molecule has 0 atom stereocenters. The van der Waals surface area contributed by atoms with E-state index in [-0.39, 0.29) is 11.6 Å². The number of phenols is 1. The molecule has 0 saturated carbocycles. The fourth-order valence-corrected chi connectivity index (χ4v) is 1.74. The van der Waals surface area contributed by atoms with Gasteiger partial charge in [-0.3, -0.25) is 0 Å². The van der Waals surface area contributed by atoms with Crippen molar-refractivity contribution in [2.24, 2.45) is 0 Å². The summed E-state index contributed by atoms with van der Waals surface area (Å²) < 4.78 is 13.4. The molecule has 14 heavy (non-hydrogen) atoms. The highest BCUT2D eigenvalue weighted by molar-refractivity contribution is 5.92. The van der Waals surface area contributed by atoms with Gasteiger partial charge < -0.3 is 5.11 Å². The second kappa shape index (κ2) is 2.98. The van der Waals surface area contributed by atoms with E-state index >= 15 is 0 Å². The zero-order chi connectivity index (χ0) is 10.3. The highest BCUT2D eigenvalue weighted by atomic mass is 19.1. The van der Waals surface area contributed by atoms with Crippen LogP contribution in [-0.2, 0) is 0 Å². The first-order valence-corrected chi connectivity index (χ1v) is 4.48. The molecule has 2 aromatic carbocycles. The van der Waals surface area contributed by atoms with Crippen molar-refractivity contribution in [3.63, 3.8) is 0 Å². The Kier molecular flexibility index (Phi) is 1.92. The largest absolute Gasteiger partial charge is 0.507 e. The van der Waals surface area contributed by atoms with E-state index in [9.17, 15) is 9.50 Å². The van der Waals surface area contributed by atoms with Crippen molar-refractivity contribution in [3.05, 3.63) is 41.2 Å². The van der Waals surface area contributed by atoms with Crippen molar-refractivity contribution in [3.8, 4) is 5.75 Å². The summed E-state index contributed by atoms with van der Waals surface area (Å²) in [6.07, 6.45) is 0. The third-order valence-corrected chi connectivity index (χ3v) is 2.39. The number of rotatable bonds is 0. The van der Waals surface area contributed by atoms with Crippen molar-refractivity contribution in [2.45, 2.75) is 13.8 Å². The SMILES string of the molecule is Cc1cc(O)c2c(C)ccc(F)c2c1. The molecule has 0 radical (unpaired) electrons. The molecule has 72 valence electrons. The molecule has 0 aliphatic carbocycles. The molecule has 0 spiro atoms. The van der Waals surface area contributed by atoms with Crippen LogP contribution >= 0.6 is 0 Å². The number of hydrogen-bond donors (Lipinski definition) is 1. The summed E-state index contributed by atoms with van der Waals surface area (Å²) in [5.41, 5.74) is 1.75. The first kappa shape index (κ1) is 9.00. The van der Waals surface area contributed by atoms with Crippen LogP contribution in [0.5, 0.6) is 5.75 Å².